The number of likely N-dealkylation sites (tertiary alicyclic amines) is 1. The third-order valence-electron chi connectivity index (χ3n) is 3.81. The Morgan fingerprint density at radius 2 is 2.04 bits per heavy atom. The van der Waals surface area contributed by atoms with Gasteiger partial charge in [0, 0.05) is 11.6 Å². The fourth-order valence-electron chi connectivity index (χ4n) is 2.92. The van der Waals surface area contributed by atoms with Crippen molar-refractivity contribution in [3.63, 3.8) is 0 Å². The van der Waals surface area contributed by atoms with Crippen LogP contribution in [-0.2, 0) is 14.3 Å². The molecule has 2 rings (SSSR count). The van der Waals surface area contributed by atoms with Crippen molar-refractivity contribution in [2.24, 2.45) is 5.92 Å². The summed E-state index contributed by atoms with van der Waals surface area (Å²) in [5.41, 5.74) is 0.210. The predicted octanol–water partition coefficient (Wildman–Crippen LogP) is 4.20. The minimum Gasteiger partial charge on any atom is -0.466 e. The van der Waals surface area contributed by atoms with Crippen molar-refractivity contribution in [2.75, 3.05) is 13.2 Å². The molecule has 0 bridgehead atoms. The van der Waals surface area contributed by atoms with Gasteiger partial charge in [-0.1, -0.05) is 23.7 Å². The van der Waals surface area contributed by atoms with Gasteiger partial charge in [-0.2, -0.15) is 0 Å². The lowest BCUT2D eigenvalue weighted by Crippen LogP contribution is -2.38. The van der Waals surface area contributed by atoms with Crippen LogP contribution in [0.3, 0.4) is 0 Å². The van der Waals surface area contributed by atoms with Gasteiger partial charge in [-0.3, -0.25) is 4.79 Å². The Morgan fingerprint density at radius 1 is 1.33 bits per heavy atom. The Balaban J connectivity index is 2.33. The van der Waals surface area contributed by atoms with Crippen molar-refractivity contribution in [3.8, 4) is 0 Å². The smallest absolute Gasteiger partial charge is 0.410 e. The SMILES string of the molecule is CCOC(=O)[C@@H]1CCN(C(=O)OC(C)(C)C)[C@H]1c1cccc(Cl)c1. The number of nitrogens with zero attached hydrogens (tertiary/aromatic N) is 1. The van der Waals surface area contributed by atoms with Crippen LogP contribution in [0.1, 0.15) is 45.7 Å². The fraction of sp³-hybridized carbons (Fsp3) is 0.556. The summed E-state index contributed by atoms with van der Waals surface area (Å²) in [4.78, 5) is 26.5. The van der Waals surface area contributed by atoms with E-state index in [1.54, 1.807) is 24.0 Å². The molecule has 1 saturated heterocycles. The molecular formula is C18H24ClNO4. The lowest BCUT2D eigenvalue weighted by molar-refractivity contribution is -0.148. The number of hydrogen-bond acceptors (Lipinski definition) is 4. The number of amides is 1. The zero-order valence-corrected chi connectivity index (χ0v) is 15.3. The van der Waals surface area contributed by atoms with Gasteiger partial charge in [-0.05, 0) is 51.8 Å². The first kappa shape index (κ1) is 18.6. The van der Waals surface area contributed by atoms with Crippen LogP contribution in [-0.4, -0.2) is 35.7 Å². The lowest BCUT2D eigenvalue weighted by Gasteiger charge is -2.30. The van der Waals surface area contributed by atoms with Gasteiger partial charge in [-0.15, -0.1) is 0 Å². The van der Waals surface area contributed by atoms with Crippen LogP contribution >= 0.6 is 11.6 Å². The van der Waals surface area contributed by atoms with Gasteiger partial charge in [0.2, 0.25) is 0 Å². The first-order valence-corrected chi connectivity index (χ1v) is 8.52. The average molecular weight is 354 g/mol. The van der Waals surface area contributed by atoms with Crippen molar-refractivity contribution in [3.05, 3.63) is 34.9 Å². The van der Waals surface area contributed by atoms with E-state index in [2.05, 4.69) is 0 Å². The molecule has 0 unspecified atom stereocenters. The molecule has 2 atom stereocenters. The molecule has 1 heterocycles. The summed E-state index contributed by atoms with van der Waals surface area (Å²) >= 11 is 6.09. The average Bonchev–Trinajstić information content (AvgIpc) is 2.90. The third kappa shape index (κ3) is 4.41. The van der Waals surface area contributed by atoms with Gasteiger partial charge in [0.1, 0.15) is 5.60 Å². The van der Waals surface area contributed by atoms with Gasteiger partial charge in [0.05, 0.1) is 18.6 Å². The highest BCUT2D eigenvalue weighted by Crippen LogP contribution is 2.39. The van der Waals surface area contributed by atoms with Gasteiger partial charge >= 0.3 is 12.1 Å². The first-order valence-electron chi connectivity index (χ1n) is 8.14. The highest BCUT2D eigenvalue weighted by molar-refractivity contribution is 6.30. The van der Waals surface area contributed by atoms with E-state index in [-0.39, 0.29) is 5.97 Å². The number of esters is 1. The van der Waals surface area contributed by atoms with Crippen LogP contribution in [0.2, 0.25) is 5.02 Å². The molecule has 1 aromatic carbocycles. The highest BCUT2D eigenvalue weighted by Gasteiger charge is 2.44. The standard InChI is InChI=1S/C18H24ClNO4/c1-5-23-16(21)14-9-10-20(17(22)24-18(2,3)4)15(14)12-7-6-8-13(19)11-12/h6-8,11,14-15H,5,9-10H2,1-4H3/t14-,15+/m1/s1. The minimum atomic E-state index is -0.599. The summed E-state index contributed by atoms with van der Waals surface area (Å²) < 4.78 is 10.7. The summed E-state index contributed by atoms with van der Waals surface area (Å²) in [5.74, 6) is -0.718. The van der Waals surface area contributed by atoms with Crippen LogP contribution in [0.4, 0.5) is 4.79 Å². The summed E-state index contributed by atoms with van der Waals surface area (Å²) in [5, 5.41) is 0.561. The first-order chi connectivity index (χ1) is 11.2. The molecule has 1 aliphatic rings. The van der Waals surface area contributed by atoms with Crippen molar-refractivity contribution >= 4 is 23.7 Å². The minimum absolute atomic E-state index is 0.298. The Hall–Kier alpha value is -1.75. The predicted molar refractivity (Wildman–Crippen MR) is 91.9 cm³/mol. The van der Waals surface area contributed by atoms with E-state index in [0.717, 1.165) is 5.56 Å². The Morgan fingerprint density at radius 3 is 2.62 bits per heavy atom. The van der Waals surface area contributed by atoms with E-state index in [4.69, 9.17) is 21.1 Å². The maximum Gasteiger partial charge on any atom is 0.410 e. The van der Waals surface area contributed by atoms with Gasteiger partial charge < -0.3 is 14.4 Å². The van der Waals surface area contributed by atoms with E-state index in [1.807, 2.05) is 32.9 Å². The molecule has 0 saturated carbocycles. The molecule has 0 spiro atoms. The molecular weight excluding hydrogens is 330 g/mol. The zero-order chi connectivity index (χ0) is 17.9. The number of halogens is 1. The summed E-state index contributed by atoms with van der Waals surface area (Å²) in [7, 11) is 0. The summed E-state index contributed by atoms with van der Waals surface area (Å²) in [6, 6.07) is 6.78. The van der Waals surface area contributed by atoms with E-state index in [1.165, 1.54) is 0 Å². The van der Waals surface area contributed by atoms with E-state index in [0.29, 0.717) is 24.6 Å². The summed E-state index contributed by atoms with van der Waals surface area (Å²) in [6.45, 7) is 7.97. The zero-order valence-electron chi connectivity index (χ0n) is 14.5. The molecule has 132 valence electrons. The van der Waals surface area contributed by atoms with Crippen molar-refractivity contribution in [1.82, 2.24) is 4.90 Å². The number of carbonyl (C=O) groups is 2. The van der Waals surface area contributed by atoms with Gasteiger partial charge in [-0.25, -0.2) is 4.79 Å². The molecule has 1 aliphatic heterocycles. The van der Waals surface area contributed by atoms with Gasteiger partial charge in [0.15, 0.2) is 0 Å². The molecule has 1 aromatic rings. The summed E-state index contributed by atoms with van der Waals surface area (Å²) in [6.07, 6.45) is 0.106. The second kappa shape index (κ2) is 7.43. The van der Waals surface area contributed by atoms with Gasteiger partial charge in [0.25, 0.3) is 0 Å². The van der Waals surface area contributed by atoms with Crippen LogP contribution in [0.15, 0.2) is 24.3 Å². The maximum absolute atomic E-state index is 12.6. The molecule has 6 heteroatoms. The van der Waals surface area contributed by atoms with Crippen molar-refractivity contribution in [1.29, 1.82) is 0 Å². The number of hydrogen-bond donors (Lipinski definition) is 0. The van der Waals surface area contributed by atoms with E-state index >= 15 is 0 Å². The molecule has 0 radical (unpaired) electrons. The molecule has 0 aliphatic carbocycles. The number of benzene rings is 1. The van der Waals surface area contributed by atoms with Crippen LogP contribution in [0, 0.1) is 5.92 Å². The second-order valence-electron chi connectivity index (χ2n) is 6.82. The van der Waals surface area contributed by atoms with Crippen molar-refractivity contribution in [2.45, 2.75) is 45.8 Å². The van der Waals surface area contributed by atoms with Crippen LogP contribution < -0.4 is 0 Å². The topological polar surface area (TPSA) is 55.8 Å². The van der Waals surface area contributed by atoms with E-state index < -0.39 is 23.7 Å². The van der Waals surface area contributed by atoms with Crippen LogP contribution in [0.5, 0.6) is 0 Å². The Labute approximate surface area is 147 Å². The molecule has 1 fully saturated rings. The maximum atomic E-state index is 12.6. The molecule has 24 heavy (non-hydrogen) atoms. The van der Waals surface area contributed by atoms with Crippen LogP contribution in [0.25, 0.3) is 0 Å². The fourth-order valence-corrected chi connectivity index (χ4v) is 3.12. The van der Waals surface area contributed by atoms with E-state index in [9.17, 15) is 9.59 Å². The number of carbonyl (C=O) groups excluding carboxylic acids is 2. The Kier molecular flexibility index (Phi) is 5.75. The molecule has 0 aromatic heterocycles. The number of rotatable bonds is 3. The van der Waals surface area contributed by atoms with Crippen molar-refractivity contribution < 1.29 is 19.1 Å². The Bertz CT molecular complexity index is 611. The number of ether oxygens (including phenoxy) is 2. The normalized spacial score (nSPS) is 20.8. The quantitative estimate of drug-likeness (QED) is 0.764. The molecule has 1 amide bonds. The molecule has 0 N–H and O–H groups in total. The largest absolute Gasteiger partial charge is 0.466 e. The third-order valence-corrected chi connectivity index (χ3v) is 4.04. The monoisotopic (exact) mass is 353 g/mol. The molecule has 5 nitrogen and oxygen atoms in total. The second-order valence-corrected chi connectivity index (χ2v) is 7.26. The highest BCUT2D eigenvalue weighted by atomic mass is 35.5. The lowest BCUT2D eigenvalue weighted by atomic mass is 9.94.